The average Bonchev–Trinajstić information content (AvgIpc) is 3.10. The molecule has 0 aromatic rings. The minimum Gasteiger partial charge on any atom is -0.363 e. The molecule has 0 bridgehead atoms. The molecule has 3 rings (SSSR count). The van der Waals surface area contributed by atoms with Crippen LogP contribution < -0.4 is 0 Å². The van der Waals surface area contributed by atoms with Gasteiger partial charge in [-0.1, -0.05) is 57.6 Å². The zero-order valence-electron chi connectivity index (χ0n) is 20.3. The molecule has 3 aliphatic carbocycles. The normalized spacial score (nSPS) is 37.3. The molecule has 0 saturated heterocycles. The fourth-order valence-corrected chi connectivity index (χ4v) is 6.60. The van der Waals surface area contributed by atoms with Gasteiger partial charge in [-0.25, -0.2) is 18.9 Å². The Hall–Kier alpha value is -1.04. The van der Waals surface area contributed by atoms with Crippen LogP contribution in [0.4, 0.5) is 8.78 Å². The van der Waals surface area contributed by atoms with E-state index in [2.05, 4.69) is 31.4 Å². The van der Waals surface area contributed by atoms with Crippen LogP contribution in [-0.2, 0) is 4.89 Å². The Bertz CT molecular complexity index is 756. The molecular formula is C27H42F2O3. The van der Waals surface area contributed by atoms with E-state index in [-0.39, 0.29) is 18.3 Å². The summed E-state index contributed by atoms with van der Waals surface area (Å²) >= 11 is 0. The van der Waals surface area contributed by atoms with Crippen LogP contribution in [0, 0.1) is 29.1 Å². The summed E-state index contributed by atoms with van der Waals surface area (Å²) in [7, 11) is 0. The molecule has 0 aromatic heterocycles. The lowest BCUT2D eigenvalue weighted by Gasteiger charge is -2.44. The van der Waals surface area contributed by atoms with Crippen molar-refractivity contribution in [1.82, 2.24) is 0 Å². The fourth-order valence-electron chi connectivity index (χ4n) is 6.60. The second-order valence-corrected chi connectivity index (χ2v) is 11.3. The molecule has 32 heavy (non-hydrogen) atoms. The van der Waals surface area contributed by atoms with E-state index in [9.17, 15) is 13.9 Å². The quantitative estimate of drug-likeness (QED) is 0.237. The molecule has 0 amide bonds. The van der Waals surface area contributed by atoms with E-state index in [1.807, 2.05) is 6.08 Å². The Morgan fingerprint density at radius 2 is 1.91 bits per heavy atom. The Morgan fingerprint density at radius 1 is 1.19 bits per heavy atom. The third kappa shape index (κ3) is 5.20. The number of aliphatic hydroxyl groups is 1. The van der Waals surface area contributed by atoms with E-state index in [1.165, 1.54) is 5.57 Å². The van der Waals surface area contributed by atoms with E-state index in [0.29, 0.717) is 37.0 Å². The van der Waals surface area contributed by atoms with Gasteiger partial charge in [0.15, 0.2) is 0 Å². The Labute approximate surface area is 192 Å². The van der Waals surface area contributed by atoms with Gasteiger partial charge in [0.25, 0.3) is 0 Å². The summed E-state index contributed by atoms with van der Waals surface area (Å²) in [6.07, 6.45) is 11.5. The van der Waals surface area contributed by atoms with Crippen LogP contribution in [0.25, 0.3) is 0 Å². The first-order chi connectivity index (χ1) is 14.9. The summed E-state index contributed by atoms with van der Waals surface area (Å²) in [4.78, 5) is 4.34. The van der Waals surface area contributed by atoms with Gasteiger partial charge in [0.1, 0.15) is 0 Å². The van der Waals surface area contributed by atoms with Gasteiger partial charge in [-0.2, -0.15) is 0 Å². The van der Waals surface area contributed by atoms with Crippen LogP contribution >= 0.6 is 0 Å². The number of fused-ring (bicyclic) bond motifs is 1. The van der Waals surface area contributed by atoms with E-state index in [0.717, 1.165) is 43.3 Å². The molecule has 3 nitrogen and oxygen atoms in total. The maximum absolute atomic E-state index is 14.2. The monoisotopic (exact) mass is 452 g/mol. The van der Waals surface area contributed by atoms with Gasteiger partial charge in [-0.15, -0.1) is 0 Å². The molecule has 0 aliphatic heterocycles. The van der Waals surface area contributed by atoms with Crippen molar-refractivity contribution < 1.29 is 24.0 Å². The third-order valence-electron chi connectivity index (χ3n) is 8.91. The third-order valence-corrected chi connectivity index (χ3v) is 8.91. The first-order valence-electron chi connectivity index (χ1n) is 12.4. The highest BCUT2D eigenvalue weighted by atomic mass is 19.3. The summed E-state index contributed by atoms with van der Waals surface area (Å²) < 4.78 is 28.4. The highest BCUT2D eigenvalue weighted by molar-refractivity contribution is 5.37. The van der Waals surface area contributed by atoms with Crippen molar-refractivity contribution in [2.45, 2.75) is 104 Å². The van der Waals surface area contributed by atoms with Crippen LogP contribution in [0.5, 0.6) is 0 Å². The molecule has 182 valence electrons. The summed E-state index contributed by atoms with van der Waals surface area (Å²) in [5.41, 5.74) is 3.49. The van der Waals surface area contributed by atoms with E-state index >= 15 is 0 Å². The van der Waals surface area contributed by atoms with Crippen molar-refractivity contribution >= 4 is 0 Å². The zero-order chi connectivity index (χ0) is 23.7. The Kier molecular flexibility index (Phi) is 7.73. The van der Waals surface area contributed by atoms with Gasteiger partial charge in [0.2, 0.25) is 11.7 Å². The van der Waals surface area contributed by atoms with Crippen LogP contribution in [0.1, 0.15) is 91.9 Å². The van der Waals surface area contributed by atoms with Crippen LogP contribution in [0.15, 0.2) is 35.5 Å². The highest BCUT2D eigenvalue weighted by Crippen LogP contribution is 2.60. The molecule has 1 unspecified atom stereocenters. The number of rotatable bonds is 7. The number of hydrogen-bond donors (Lipinski definition) is 2. The molecular weight excluding hydrogens is 410 g/mol. The van der Waals surface area contributed by atoms with Crippen molar-refractivity contribution in [3.8, 4) is 0 Å². The molecule has 3 aliphatic rings. The Morgan fingerprint density at radius 3 is 2.56 bits per heavy atom. The summed E-state index contributed by atoms with van der Waals surface area (Å²) in [5, 5.41) is 19.4. The van der Waals surface area contributed by atoms with Gasteiger partial charge in [-0.05, 0) is 73.7 Å². The smallest absolute Gasteiger partial charge is 0.250 e. The predicted molar refractivity (Wildman–Crippen MR) is 124 cm³/mol. The first-order valence-corrected chi connectivity index (χ1v) is 12.4. The van der Waals surface area contributed by atoms with Crippen molar-refractivity contribution in [3.63, 3.8) is 0 Å². The molecule has 0 radical (unpaired) electrons. The first kappa shape index (κ1) is 25.6. The van der Waals surface area contributed by atoms with E-state index < -0.39 is 17.6 Å². The van der Waals surface area contributed by atoms with Crippen LogP contribution in [0.2, 0.25) is 0 Å². The number of alkyl halides is 2. The van der Waals surface area contributed by atoms with E-state index in [1.54, 1.807) is 13.8 Å². The summed E-state index contributed by atoms with van der Waals surface area (Å²) in [5.74, 6) is -3.47. The van der Waals surface area contributed by atoms with Crippen molar-refractivity contribution in [2.75, 3.05) is 0 Å². The standard InChI is InChI=1S/C27H42F2O3/c1-18(2)27(28,29)16-13-20(4)23-10-11-24-21(7-6-14-25(23,24)5)8-9-22-17-26(30,32-31)15-12-19(22)3/h8-9,18,20,23-24,30-31H,3,6-7,10-17H2,1-2,4-5H3/b21-8?,22-9-/t20-,23-,24?,25-,26+/m1/s1. The van der Waals surface area contributed by atoms with Crippen molar-refractivity contribution in [2.24, 2.45) is 29.1 Å². The lowest BCUT2D eigenvalue weighted by Crippen LogP contribution is -2.36. The van der Waals surface area contributed by atoms with E-state index in [4.69, 9.17) is 5.26 Å². The molecule has 5 atom stereocenters. The fraction of sp³-hybridized carbons (Fsp3) is 0.778. The topological polar surface area (TPSA) is 49.7 Å². The summed E-state index contributed by atoms with van der Waals surface area (Å²) in [6, 6.07) is 0. The molecule has 2 N–H and O–H groups in total. The second kappa shape index (κ2) is 9.68. The minimum absolute atomic E-state index is 0.0180. The maximum atomic E-state index is 14.2. The average molecular weight is 453 g/mol. The number of hydrogen-bond acceptors (Lipinski definition) is 3. The molecule has 0 spiro atoms. The van der Waals surface area contributed by atoms with Gasteiger partial charge < -0.3 is 5.11 Å². The molecule has 3 fully saturated rings. The molecule has 5 heteroatoms. The van der Waals surface area contributed by atoms with Gasteiger partial charge in [0, 0.05) is 25.2 Å². The van der Waals surface area contributed by atoms with Gasteiger partial charge >= 0.3 is 0 Å². The number of halogens is 2. The van der Waals surface area contributed by atoms with Crippen molar-refractivity contribution in [1.29, 1.82) is 0 Å². The lowest BCUT2D eigenvalue weighted by molar-refractivity contribution is -0.394. The molecule has 0 heterocycles. The highest BCUT2D eigenvalue weighted by Gasteiger charge is 2.51. The lowest BCUT2D eigenvalue weighted by atomic mass is 9.60. The number of allylic oxidation sites excluding steroid dienone is 4. The molecule has 3 saturated carbocycles. The Balaban J connectivity index is 1.73. The summed E-state index contributed by atoms with van der Waals surface area (Å²) in [6.45, 7) is 11.9. The SMILES string of the molecule is C=C1CC[C@](O)(OO)C/C1=C/C=C1CCC[C@@]2(C)C1CC[C@@H]2[C@H](C)CCC(F)(F)C(C)C. The van der Waals surface area contributed by atoms with Gasteiger partial charge in [0.05, 0.1) is 0 Å². The minimum atomic E-state index is -2.58. The largest absolute Gasteiger partial charge is 0.363 e. The zero-order valence-corrected chi connectivity index (χ0v) is 20.3. The molecule has 0 aromatic carbocycles. The van der Waals surface area contributed by atoms with Gasteiger partial charge in [-0.3, -0.25) is 0 Å². The van der Waals surface area contributed by atoms with Crippen LogP contribution in [0.3, 0.4) is 0 Å². The van der Waals surface area contributed by atoms with Crippen LogP contribution in [-0.4, -0.2) is 22.1 Å². The van der Waals surface area contributed by atoms with Crippen molar-refractivity contribution in [3.05, 3.63) is 35.5 Å². The predicted octanol–water partition coefficient (Wildman–Crippen LogP) is 7.68. The maximum Gasteiger partial charge on any atom is 0.250 e. The second-order valence-electron chi connectivity index (χ2n) is 11.3.